The first-order valence-corrected chi connectivity index (χ1v) is 11.1. The Morgan fingerprint density at radius 3 is 2.34 bits per heavy atom. The van der Waals surface area contributed by atoms with Crippen LogP contribution >= 0.6 is 11.6 Å². The molecular formula is C21H24ClN3O3S. The standard InChI is InChI=1S/C21H24ClN3O3S/c1-15-5-7-16(8-6-15)19-24-21(20(28-19)23-13-4-14-25(2)3)29(26,27)18-11-9-17(22)10-12-18/h5-12,23H,4,13-14H2,1-3H3. The van der Waals surface area contributed by atoms with Crippen molar-refractivity contribution < 1.29 is 12.8 Å². The van der Waals surface area contributed by atoms with E-state index in [0.29, 0.717) is 17.1 Å². The fourth-order valence-corrected chi connectivity index (χ4v) is 4.15. The maximum Gasteiger partial charge on any atom is 0.233 e. The van der Waals surface area contributed by atoms with Crippen molar-refractivity contribution in [2.45, 2.75) is 23.3 Å². The van der Waals surface area contributed by atoms with Gasteiger partial charge in [-0.3, -0.25) is 0 Å². The lowest BCUT2D eigenvalue weighted by Crippen LogP contribution is -2.17. The van der Waals surface area contributed by atoms with Crippen molar-refractivity contribution in [1.29, 1.82) is 0 Å². The Labute approximate surface area is 176 Å². The number of hydrogen-bond acceptors (Lipinski definition) is 6. The van der Waals surface area contributed by atoms with Crippen LogP contribution in [0.3, 0.4) is 0 Å². The molecule has 8 heteroatoms. The van der Waals surface area contributed by atoms with E-state index in [1.54, 1.807) is 12.1 Å². The Hall–Kier alpha value is -2.35. The van der Waals surface area contributed by atoms with Gasteiger partial charge in [-0.2, -0.15) is 4.98 Å². The monoisotopic (exact) mass is 433 g/mol. The van der Waals surface area contributed by atoms with Gasteiger partial charge in [0, 0.05) is 17.1 Å². The third kappa shape index (κ3) is 5.18. The van der Waals surface area contributed by atoms with E-state index in [0.717, 1.165) is 18.5 Å². The molecule has 0 radical (unpaired) electrons. The third-order valence-corrected chi connectivity index (χ3v) is 6.27. The van der Waals surface area contributed by atoms with Gasteiger partial charge in [-0.1, -0.05) is 29.3 Å². The number of aromatic nitrogens is 1. The number of rotatable bonds is 8. The highest BCUT2D eigenvalue weighted by Crippen LogP contribution is 2.32. The second kappa shape index (κ2) is 8.98. The van der Waals surface area contributed by atoms with Crippen LogP contribution in [0.2, 0.25) is 5.02 Å². The van der Waals surface area contributed by atoms with Crippen LogP contribution in [0.5, 0.6) is 0 Å². The normalized spacial score (nSPS) is 11.8. The van der Waals surface area contributed by atoms with E-state index in [9.17, 15) is 8.42 Å². The second-order valence-corrected chi connectivity index (χ2v) is 9.36. The van der Waals surface area contributed by atoms with Gasteiger partial charge < -0.3 is 14.6 Å². The molecule has 0 fully saturated rings. The van der Waals surface area contributed by atoms with Crippen LogP contribution < -0.4 is 5.32 Å². The van der Waals surface area contributed by atoms with Crippen molar-refractivity contribution in [3.63, 3.8) is 0 Å². The fourth-order valence-electron chi connectivity index (χ4n) is 2.74. The minimum Gasteiger partial charge on any atom is -0.419 e. The van der Waals surface area contributed by atoms with E-state index in [2.05, 4.69) is 15.2 Å². The molecule has 0 atom stereocenters. The Morgan fingerprint density at radius 2 is 1.72 bits per heavy atom. The molecule has 29 heavy (non-hydrogen) atoms. The van der Waals surface area contributed by atoms with E-state index in [1.807, 2.05) is 45.3 Å². The van der Waals surface area contributed by atoms with Gasteiger partial charge >= 0.3 is 0 Å². The highest BCUT2D eigenvalue weighted by Gasteiger charge is 2.28. The van der Waals surface area contributed by atoms with E-state index in [4.69, 9.17) is 16.0 Å². The third-order valence-electron chi connectivity index (χ3n) is 4.34. The van der Waals surface area contributed by atoms with Crippen LogP contribution in [0.25, 0.3) is 11.5 Å². The molecule has 0 bridgehead atoms. The van der Waals surface area contributed by atoms with Crippen LogP contribution in [0.1, 0.15) is 12.0 Å². The van der Waals surface area contributed by atoms with Gasteiger partial charge in [0.25, 0.3) is 0 Å². The minimum absolute atomic E-state index is 0.113. The summed E-state index contributed by atoms with van der Waals surface area (Å²) in [7, 11) is 0.101. The lowest BCUT2D eigenvalue weighted by atomic mass is 10.1. The van der Waals surface area contributed by atoms with Crippen molar-refractivity contribution in [3.05, 3.63) is 59.1 Å². The Kier molecular flexibility index (Phi) is 6.62. The summed E-state index contributed by atoms with van der Waals surface area (Å²) in [5.41, 5.74) is 1.81. The van der Waals surface area contributed by atoms with E-state index in [1.165, 1.54) is 12.1 Å². The van der Waals surface area contributed by atoms with Gasteiger partial charge in [-0.15, -0.1) is 0 Å². The first kappa shape index (κ1) is 21.4. The first-order chi connectivity index (χ1) is 13.8. The van der Waals surface area contributed by atoms with Crippen molar-refractivity contribution in [3.8, 4) is 11.5 Å². The number of oxazole rings is 1. The molecule has 3 rings (SSSR count). The molecule has 0 aliphatic carbocycles. The molecule has 0 aliphatic rings. The summed E-state index contributed by atoms with van der Waals surface area (Å²) in [4.78, 5) is 6.51. The summed E-state index contributed by atoms with van der Waals surface area (Å²) in [6, 6.07) is 13.6. The van der Waals surface area contributed by atoms with Crippen LogP contribution in [0.15, 0.2) is 62.9 Å². The van der Waals surface area contributed by atoms with E-state index >= 15 is 0 Å². The highest BCUT2D eigenvalue weighted by molar-refractivity contribution is 7.91. The van der Waals surface area contributed by atoms with Crippen molar-refractivity contribution >= 4 is 27.3 Å². The zero-order valence-electron chi connectivity index (χ0n) is 16.6. The Morgan fingerprint density at radius 1 is 1.07 bits per heavy atom. The summed E-state index contributed by atoms with van der Waals surface area (Å²) in [5.74, 6) is 0.405. The minimum atomic E-state index is -3.87. The molecule has 6 nitrogen and oxygen atoms in total. The van der Waals surface area contributed by atoms with E-state index < -0.39 is 9.84 Å². The largest absolute Gasteiger partial charge is 0.419 e. The number of aryl methyl sites for hydroxylation is 1. The number of sulfone groups is 1. The van der Waals surface area contributed by atoms with Gasteiger partial charge in [0.2, 0.25) is 26.6 Å². The van der Waals surface area contributed by atoms with Crippen LogP contribution in [0, 0.1) is 6.92 Å². The molecule has 1 N–H and O–H groups in total. The predicted octanol–water partition coefficient (Wildman–Crippen LogP) is 4.50. The van der Waals surface area contributed by atoms with Gasteiger partial charge in [-0.25, -0.2) is 8.42 Å². The molecule has 1 aromatic heterocycles. The average molecular weight is 434 g/mol. The number of anilines is 1. The number of halogens is 1. The molecule has 3 aromatic rings. The van der Waals surface area contributed by atoms with Crippen LogP contribution in [-0.2, 0) is 9.84 Å². The summed E-state index contributed by atoms with van der Waals surface area (Å²) in [6.45, 7) is 3.41. The van der Waals surface area contributed by atoms with Crippen molar-refractivity contribution in [1.82, 2.24) is 9.88 Å². The maximum atomic E-state index is 13.2. The van der Waals surface area contributed by atoms with Crippen LogP contribution in [0.4, 0.5) is 5.88 Å². The number of hydrogen-bond donors (Lipinski definition) is 1. The second-order valence-electron chi connectivity index (χ2n) is 7.06. The molecule has 2 aromatic carbocycles. The topological polar surface area (TPSA) is 75.4 Å². The summed E-state index contributed by atoms with van der Waals surface area (Å²) >= 11 is 5.90. The fraction of sp³-hybridized carbons (Fsp3) is 0.286. The molecule has 0 saturated carbocycles. The van der Waals surface area contributed by atoms with Gasteiger partial charge in [0.1, 0.15) is 0 Å². The Balaban J connectivity index is 1.98. The van der Waals surface area contributed by atoms with Crippen LogP contribution in [-0.4, -0.2) is 45.5 Å². The van der Waals surface area contributed by atoms with E-state index in [-0.39, 0.29) is 21.7 Å². The number of nitrogens with one attached hydrogen (secondary N) is 1. The molecule has 0 saturated heterocycles. The lowest BCUT2D eigenvalue weighted by Gasteiger charge is -2.10. The molecule has 0 aliphatic heterocycles. The molecule has 0 unspecified atom stereocenters. The van der Waals surface area contributed by atoms with Gasteiger partial charge in [0.05, 0.1) is 4.90 Å². The molecule has 0 spiro atoms. The van der Waals surface area contributed by atoms with Crippen molar-refractivity contribution in [2.24, 2.45) is 0 Å². The first-order valence-electron chi connectivity index (χ1n) is 9.24. The lowest BCUT2D eigenvalue weighted by molar-refractivity contribution is 0.404. The zero-order chi connectivity index (χ0) is 21.0. The average Bonchev–Trinajstić information content (AvgIpc) is 3.11. The molecular weight excluding hydrogens is 410 g/mol. The quantitative estimate of drug-likeness (QED) is 0.527. The molecule has 0 amide bonds. The summed E-state index contributed by atoms with van der Waals surface area (Å²) < 4.78 is 32.2. The smallest absolute Gasteiger partial charge is 0.233 e. The van der Waals surface area contributed by atoms with Crippen molar-refractivity contribution in [2.75, 3.05) is 32.5 Å². The predicted molar refractivity (Wildman–Crippen MR) is 115 cm³/mol. The summed E-state index contributed by atoms with van der Waals surface area (Å²) in [6.07, 6.45) is 0.827. The SMILES string of the molecule is Cc1ccc(-c2nc(S(=O)(=O)c3ccc(Cl)cc3)c(NCCCN(C)C)o2)cc1. The molecule has 154 valence electrons. The number of benzene rings is 2. The molecule has 1 heterocycles. The maximum absolute atomic E-state index is 13.2. The highest BCUT2D eigenvalue weighted by atomic mass is 35.5. The van der Waals surface area contributed by atoms with Gasteiger partial charge in [-0.05, 0) is 70.4 Å². The van der Waals surface area contributed by atoms with Gasteiger partial charge in [0.15, 0.2) is 0 Å². The summed E-state index contributed by atoms with van der Waals surface area (Å²) in [5, 5.41) is 3.44. The number of nitrogens with zero attached hydrogens (tertiary/aromatic N) is 2. The Bertz CT molecular complexity index is 1060. The zero-order valence-corrected chi connectivity index (χ0v) is 18.2.